The van der Waals surface area contributed by atoms with E-state index in [9.17, 15) is 4.79 Å². The van der Waals surface area contributed by atoms with Gasteiger partial charge in [0, 0.05) is 0 Å². The van der Waals surface area contributed by atoms with Crippen molar-refractivity contribution in [3.63, 3.8) is 0 Å². The van der Waals surface area contributed by atoms with Crippen LogP contribution in [0.4, 0.5) is 4.79 Å². The number of rotatable bonds is 6. The molecule has 104 valence electrons. The van der Waals surface area contributed by atoms with Gasteiger partial charge in [0.05, 0.1) is 0 Å². The van der Waals surface area contributed by atoms with Gasteiger partial charge in [-0.2, -0.15) is 0 Å². The first kappa shape index (κ1) is 13.7. The van der Waals surface area contributed by atoms with Gasteiger partial charge in [-0.15, -0.1) is 0 Å². The summed E-state index contributed by atoms with van der Waals surface area (Å²) in [7, 11) is 0. The molecule has 0 saturated carbocycles. The third-order valence-corrected chi connectivity index (χ3v) is 2.40. The van der Waals surface area contributed by atoms with Crippen molar-refractivity contribution < 1.29 is 19.0 Å². The van der Waals surface area contributed by atoms with Gasteiger partial charge >= 0.3 is 6.09 Å². The van der Waals surface area contributed by atoms with Gasteiger partial charge in [-0.25, -0.2) is 4.79 Å². The van der Waals surface area contributed by atoms with Crippen LogP contribution >= 0.6 is 0 Å². The number of carbonyl (C=O) groups is 1. The maximum atomic E-state index is 10.4. The zero-order valence-electron chi connectivity index (χ0n) is 10.8. The van der Waals surface area contributed by atoms with E-state index in [1.807, 2.05) is 30.3 Å². The molecule has 0 aliphatic carbocycles. The Kier molecular flexibility index (Phi) is 4.83. The highest BCUT2D eigenvalue weighted by Gasteiger charge is 1.99. The number of ether oxygens (including phenoxy) is 3. The minimum atomic E-state index is -0.805. The molecule has 2 aromatic rings. The van der Waals surface area contributed by atoms with Gasteiger partial charge in [0.15, 0.2) is 0 Å². The van der Waals surface area contributed by atoms with Crippen LogP contribution in [0.2, 0.25) is 0 Å². The number of amides is 1. The lowest BCUT2D eigenvalue weighted by Crippen LogP contribution is -2.17. The summed E-state index contributed by atoms with van der Waals surface area (Å²) in [6.45, 7) is 0.374. The maximum Gasteiger partial charge on any atom is 0.404 e. The monoisotopic (exact) mass is 273 g/mol. The molecule has 0 unspecified atom stereocenters. The van der Waals surface area contributed by atoms with Gasteiger partial charge in [-0.05, 0) is 36.4 Å². The molecule has 2 rings (SSSR count). The van der Waals surface area contributed by atoms with E-state index in [1.54, 1.807) is 24.3 Å². The normalized spacial score (nSPS) is 9.80. The molecule has 2 N–H and O–H groups in total. The molecule has 5 nitrogen and oxygen atoms in total. The van der Waals surface area contributed by atoms with Gasteiger partial charge in [0.1, 0.15) is 30.5 Å². The Morgan fingerprint density at radius 2 is 1.45 bits per heavy atom. The fourth-order valence-corrected chi connectivity index (χ4v) is 1.53. The first-order chi connectivity index (χ1) is 9.74. The predicted octanol–water partition coefficient (Wildman–Crippen LogP) is 2.95. The van der Waals surface area contributed by atoms with E-state index in [1.165, 1.54) is 0 Å². The average molecular weight is 273 g/mol. The largest absolute Gasteiger partial charge is 0.490 e. The fraction of sp³-hybridized carbons (Fsp3) is 0.133. The highest BCUT2D eigenvalue weighted by molar-refractivity contribution is 5.64. The summed E-state index contributed by atoms with van der Waals surface area (Å²) in [6.07, 6.45) is -0.805. The van der Waals surface area contributed by atoms with Crippen molar-refractivity contribution in [1.29, 1.82) is 0 Å². The zero-order chi connectivity index (χ0) is 14.2. The molecule has 20 heavy (non-hydrogen) atoms. The Balaban J connectivity index is 1.82. The van der Waals surface area contributed by atoms with Crippen molar-refractivity contribution in [3.8, 4) is 17.2 Å². The van der Waals surface area contributed by atoms with Crippen molar-refractivity contribution >= 4 is 6.09 Å². The van der Waals surface area contributed by atoms with Crippen LogP contribution in [0.1, 0.15) is 0 Å². The highest BCUT2D eigenvalue weighted by Crippen LogP contribution is 2.23. The predicted molar refractivity (Wildman–Crippen MR) is 74.0 cm³/mol. The van der Waals surface area contributed by atoms with Crippen molar-refractivity contribution in [2.75, 3.05) is 13.2 Å². The molecule has 0 aliphatic heterocycles. The topological polar surface area (TPSA) is 70.8 Å². The first-order valence-electron chi connectivity index (χ1n) is 6.12. The molecular formula is C15H15NO4. The lowest BCUT2D eigenvalue weighted by Gasteiger charge is -2.08. The molecule has 0 saturated heterocycles. The Morgan fingerprint density at radius 1 is 0.850 bits per heavy atom. The van der Waals surface area contributed by atoms with E-state index in [2.05, 4.69) is 4.74 Å². The summed E-state index contributed by atoms with van der Waals surface area (Å²) in [6, 6.07) is 16.7. The zero-order valence-corrected chi connectivity index (χ0v) is 10.8. The SMILES string of the molecule is NC(=O)OCCOc1ccc(Oc2ccccc2)cc1. The average Bonchev–Trinajstić information content (AvgIpc) is 2.46. The summed E-state index contributed by atoms with van der Waals surface area (Å²) >= 11 is 0. The minimum absolute atomic E-state index is 0.123. The lowest BCUT2D eigenvalue weighted by molar-refractivity contribution is 0.134. The van der Waals surface area contributed by atoms with Gasteiger partial charge < -0.3 is 19.9 Å². The number of hydrogen-bond acceptors (Lipinski definition) is 4. The van der Waals surface area contributed by atoms with Crippen LogP contribution < -0.4 is 15.2 Å². The van der Waals surface area contributed by atoms with Gasteiger partial charge in [-0.1, -0.05) is 18.2 Å². The highest BCUT2D eigenvalue weighted by atomic mass is 16.6. The van der Waals surface area contributed by atoms with Crippen molar-refractivity contribution in [2.24, 2.45) is 5.73 Å². The minimum Gasteiger partial charge on any atom is -0.490 e. The maximum absolute atomic E-state index is 10.4. The van der Waals surface area contributed by atoms with Gasteiger partial charge in [0.25, 0.3) is 0 Å². The van der Waals surface area contributed by atoms with Crippen LogP contribution in [-0.2, 0) is 4.74 Å². The molecule has 0 atom stereocenters. The number of hydrogen-bond donors (Lipinski definition) is 1. The van der Waals surface area contributed by atoms with Crippen LogP contribution in [-0.4, -0.2) is 19.3 Å². The van der Waals surface area contributed by atoms with Crippen molar-refractivity contribution in [2.45, 2.75) is 0 Å². The molecule has 0 aliphatic rings. The smallest absolute Gasteiger partial charge is 0.404 e. The number of para-hydroxylation sites is 1. The quantitative estimate of drug-likeness (QED) is 0.821. The summed E-state index contributed by atoms with van der Waals surface area (Å²) in [5.41, 5.74) is 4.83. The second kappa shape index (κ2) is 7.04. The Hall–Kier alpha value is -2.69. The molecule has 0 fully saturated rings. The number of carbonyl (C=O) groups excluding carboxylic acids is 1. The van der Waals surface area contributed by atoms with Gasteiger partial charge in [-0.3, -0.25) is 0 Å². The molecule has 1 amide bonds. The summed E-state index contributed by atoms with van der Waals surface area (Å²) in [5, 5.41) is 0. The van der Waals surface area contributed by atoms with E-state index in [0.29, 0.717) is 5.75 Å². The van der Waals surface area contributed by atoms with Crippen LogP contribution in [0, 0.1) is 0 Å². The molecule has 0 aromatic heterocycles. The fourth-order valence-electron chi connectivity index (χ4n) is 1.53. The second-order valence-electron chi connectivity index (χ2n) is 3.90. The molecule has 5 heteroatoms. The van der Waals surface area contributed by atoms with Crippen LogP contribution in [0.3, 0.4) is 0 Å². The summed E-state index contributed by atoms with van der Waals surface area (Å²) in [5.74, 6) is 2.16. The third kappa shape index (κ3) is 4.53. The van der Waals surface area contributed by atoms with E-state index in [-0.39, 0.29) is 13.2 Å². The van der Waals surface area contributed by atoms with Crippen LogP contribution in [0.15, 0.2) is 54.6 Å². The van der Waals surface area contributed by atoms with Crippen molar-refractivity contribution in [3.05, 3.63) is 54.6 Å². The molecule has 0 heterocycles. The molecular weight excluding hydrogens is 258 g/mol. The van der Waals surface area contributed by atoms with Gasteiger partial charge in [0.2, 0.25) is 0 Å². The van der Waals surface area contributed by atoms with Crippen LogP contribution in [0.5, 0.6) is 17.2 Å². The van der Waals surface area contributed by atoms with E-state index in [4.69, 9.17) is 15.2 Å². The Labute approximate surface area is 116 Å². The first-order valence-corrected chi connectivity index (χ1v) is 6.12. The Bertz CT molecular complexity index is 540. The number of nitrogens with two attached hydrogens (primary N) is 1. The van der Waals surface area contributed by atoms with Crippen molar-refractivity contribution in [1.82, 2.24) is 0 Å². The van der Waals surface area contributed by atoms with E-state index >= 15 is 0 Å². The van der Waals surface area contributed by atoms with Crippen LogP contribution in [0.25, 0.3) is 0 Å². The van der Waals surface area contributed by atoms with E-state index < -0.39 is 6.09 Å². The molecule has 0 spiro atoms. The van der Waals surface area contributed by atoms with E-state index in [0.717, 1.165) is 11.5 Å². The Morgan fingerprint density at radius 3 is 2.10 bits per heavy atom. The number of benzene rings is 2. The second-order valence-corrected chi connectivity index (χ2v) is 3.90. The standard InChI is InChI=1S/C15H15NO4/c16-15(17)19-11-10-18-12-6-8-14(9-7-12)20-13-4-2-1-3-5-13/h1-9H,10-11H2,(H2,16,17). The molecule has 2 aromatic carbocycles. The number of primary amides is 1. The lowest BCUT2D eigenvalue weighted by atomic mass is 10.3. The molecule has 0 bridgehead atoms. The summed E-state index contributed by atoms with van der Waals surface area (Å²) in [4.78, 5) is 10.4. The third-order valence-electron chi connectivity index (χ3n) is 2.40. The molecule has 0 radical (unpaired) electrons. The summed E-state index contributed by atoms with van der Waals surface area (Å²) < 4.78 is 15.6.